The van der Waals surface area contributed by atoms with Gasteiger partial charge in [0.25, 0.3) is 0 Å². The zero-order valence-corrected chi connectivity index (χ0v) is 6.51. The van der Waals surface area contributed by atoms with Crippen molar-refractivity contribution in [2.75, 3.05) is 6.61 Å². The largest absolute Gasteiger partial charge is 0.349 e. The number of hydrogen-bond donors (Lipinski definition) is 0. The molecule has 58 valence electrons. The van der Waals surface area contributed by atoms with E-state index in [1.165, 1.54) is 0 Å². The molecule has 0 spiro atoms. The van der Waals surface area contributed by atoms with Gasteiger partial charge >= 0.3 is 0 Å². The molecule has 0 amide bonds. The fourth-order valence-electron chi connectivity index (χ4n) is 0.866. The molecule has 1 aliphatic heterocycles. The van der Waals surface area contributed by atoms with Crippen molar-refractivity contribution in [3.63, 3.8) is 0 Å². The molecule has 1 fully saturated rings. The third-order valence-corrected chi connectivity index (χ3v) is 1.65. The first-order valence-corrected chi connectivity index (χ1v) is 3.78. The van der Waals surface area contributed by atoms with Gasteiger partial charge in [0.05, 0.1) is 6.61 Å². The lowest BCUT2D eigenvalue weighted by atomic mass is 10.4. The van der Waals surface area contributed by atoms with Gasteiger partial charge in [0, 0.05) is 6.42 Å². The first-order chi connectivity index (χ1) is 4.83. The molecule has 0 saturated carbocycles. The van der Waals surface area contributed by atoms with Crippen molar-refractivity contribution >= 4 is 11.6 Å². The third-order valence-electron chi connectivity index (χ3n) is 1.33. The van der Waals surface area contributed by atoms with E-state index in [2.05, 4.69) is 6.58 Å². The average Bonchev–Trinajstić information content (AvgIpc) is 2.31. The van der Waals surface area contributed by atoms with Crippen LogP contribution in [0.25, 0.3) is 0 Å². The Kier molecular flexibility index (Phi) is 3.19. The fourth-order valence-corrected chi connectivity index (χ4v) is 1.11. The lowest BCUT2D eigenvalue weighted by Gasteiger charge is -2.08. The van der Waals surface area contributed by atoms with Crippen LogP contribution in [0.3, 0.4) is 0 Å². The van der Waals surface area contributed by atoms with Crippen LogP contribution < -0.4 is 0 Å². The number of rotatable bonds is 3. The topological polar surface area (TPSA) is 18.5 Å². The minimum Gasteiger partial charge on any atom is -0.349 e. The number of ether oxygens (including phenoxy) is 2. The van der Waals surface area contributed by atoms with Gasteiger partial charge in [-0.2, -0.15) is 0 Å². The summed E-state index contributed by atoms with van der Waals surface area (Å²) in [6.45, 7) is 4.06. The van der Waals surface area contributed by atoms with Crippen LogP contribution in [-0.4, -0.2) is 18.5 Å². The van der Waals surface area contributed by atoms with E-state index < -0.39 is 0 Å². The molecule has 2 nitrogen and oxygen atoms in total. The van der Waals surface area contributed by atoms with E-state index in [4.69, 9.17) is 21.1 Å². The Morgan fingerprint density at radius 3 is 3.00 bits per heavy atom. The highest BCUT2D eigenvalue weighted by Gasteiger charge is 2.22. The maximum Gasteiger partial charge on any atom is 0.160 e. The van der Waals surface area contributed by atoms with Crippen molar-refractivity contribution in [3.8, 4) is 0 Å². The first kappa shape index (κ1) is 8.05. The van der Waals surface area contributed by atoms with Crippen molar-refractivity contribution in [1.29, 1.82) is 0 Å². The average molecular weight is 163 g/mol. The van der Waals surface area contributed by atoms with Gasteiger partial charge in [0.15, 0.2) is 6.29 Å². The Hall–Kier alpha value is -0.0500. The summed E-state index contributed by atoms with van der Waals surface area (Å²) in [4.78, 5) is 0. The minimum absolute atomic E-state index is 0.111. The molecule has 0 aromatic heterocycles. The molecule has 0 aromatic rings. The van der Waals surface area contributed by atoms with E-state index >= 15 is 0 Å². The maximum atomic E-state index is 5.66. The highest BCUT2D eigenvalue weighted by molar-refractivity contribution is 6.19. The predicted molar refractivity (Wildman–Crippen MR) is 39.9 cm³/mol. The molecule has 0 aromatic carbocycles. The van der Waals surface area contributed by atoms with Crippen LogP contribution in [0.2, 0.25) is 0 Å². The second kappa shape index (κ2) is 3.96. The van der Waals surface area contributed by atoms with E-state index in [1.807, 2.05) is 0 Å². The molecular weight excluding hydrogens is 152 g/mol. The summed E-state index contributed by atoms with van der Waals surface area (Å²) >= 11 is 5.66. The van der Waals surface area contributed by atoms with Crippen LogP contribution >= 0.6 is 11.6 Å². The summed E-state index contributed by atoms with van der Waals surface area (Å²) in [6.07, 6.45) is 3.36. The maximum absolute atomic E-state index is 5.66. The molecule has 0 bridgehead atoms. The van der Waals surface area contributed by atoms with Gasteiger partial charge in [-0.3, -0.25) is 0 Å². The van der Waals surface area contributed by atoms with E-state index in [0.717, 1.165) is 12.8 Å². The van der Waals surface area contributed by atoms with Crippen LogP contribution in [0, 0.1) is 0 Å². The Balaban J connectivity index is 2.12. The molecule has 1 rings (SSSR count). The molecule has 1 saturated heterocycles. The zero-order chi connectivity index (χ0) is 7.40. The highest BCUT2D eigenvalue weighted by Crippen LogP contribution is 2.22. The second-order valence-corrected chi connectivity index (χ2v) is 2.66. The van der Waals surface area contributed by atoms with Crippen molar-refractivity contribution in [2.24, 2.45) is 0 Å². The summed E-state index contributed by atoms with van der Waals surface area (Å²) in [7, 11) is 0. The monoisotopic (exact) mass is 162 g/mol. The Bertz CT molecular complexity index is 116. The molecule has 0 N–H and O–H groups in total. The van der Waals surface area contributed by atoms with Gasteiger partial charge in [0.2, 0.25) is 0 Å². The third kappa shape index (κ3) is 2.29. The molecule has 0 radical (unpaired) electrons. The summed E-state index contributed by atoms with van der Waals surface area (Å²) in [5.74, 6) is 0. The van der Waals surface area contributed by atoms with Crippen LogP contribution in [-0.2, 0) is 9.47 Å². The van der Waals surface area contributed by atoms with Gasteiger partial charge < -0.3 is 9.47 Å². The zero-order valence-electron chi connectivity index (χ0n) is 5.75. The molecule has 2 atom stereocenters. The molecular formula is C7H11ClO2. The van der Waals surface area contributed by atoms with Crippen molar-refractivity contribution < 1.29 is 9.47 Å². The van der Waals surface area contributed by atoms with E-state index in [0.29, 0.717) is 6.61 Å². The summed E-state index contributed by atoms with van der Waals surface area (Å²) in [5, 5.41) is 0. The van der Waals surface area contributed by atoms with Gasteiger partial charge in [-0.1, -0.05) is 17.7 Å². The van der Waals surface area contributed by atoms with Gasteiger partial charge in [-0.05, 0) is 6.42 Å². The van der Waals surface area contributed by atoms with Crippen LogP contribution in [0.15, 0.2) is 12.7 Å². The van der Waals surface area contributed by atoms with E-state index in [1.54, 1.807) is 6.08 Å². The SMILES string of the molecule is C=CCOC1CCC(Cl)O1. The van der Waals surface area contributed by atoms with Crippen LogP contribution in [0.4, 0.5) is 0 Å². The molecule has 3 heteroatoms. The molecule has 2 unspecified atom stereocenters. The van der Waals surface area contributed by atoms with Gasteiger partial charge in [0.1, 0.15) is 5.56 Å². The summed E-state index contributed by atoms with van der Waals surface area (Å²) in [6, 6.07) is 0. The van der Waals surface area contributed by atoms with Gasteiger partial charge in [-0.25, -0.2) is 0 Å². The molecule has 1 aliphatic rings. The van der Waals surface area contributed by atoms with E-state index in [-0.39, 0.29) is 11.9 Å². The highest BCUT2D eigenvalue weighted by atomic mass is 35.5. The normalized spacial score (nSPS) is 32.5. The van der Waals surface area contributed by atoms with Crippen molar-refractivity contribution in [1.82, 2.24) is 0 Å². The Morgan fingerprint density at radius 2 is 2.50 bits per heavy atom. The van der Waals surface area contributed by atoms with Crippen LogP contribution in [0.1, 0.15) is 12.8 Å². The minimum atomic E-state index is -0.158. The fraction of sp³-hybridized carbons (Fsp3) is 0.714. The standard InChI is InChI=1S/C7H11ClO2/c1-2-5-9-7-4-3-6(8)10-7/h2,6-7H,1,3-5H2. The van der Waals surface area contributed by atoms with E-state index in [9.17, 15) is 0 Å². The Morgan fingerprint density at radius 1 is 1.70 bits per heavy atom. The number of hydrogen-bond acceptors (Lipinski definition) is 2. The van der Waals surface area contributed by atoms with Crippen molar-refractivity contribution in [2.45, 2.75) is 24.7 Å². The molecule has 0 aliphatic carbocycles. The second-order valence-electron chi connectivity index (χ2n) is 2.18. The van der Waals surface area contributed by atoms with Crippen molar-refractivity contribution in [3.05, 3.63) is 12.7 Å². The number of alkyl halides is 1. The number of halogens is 1. The Labute approximate surface area is 65.8 Å². The smallest absolute Gasteiger partial charge is 0.160 e. The quantitative estimate of drug-likeness (QED) is 0.466. The van der Waals surface area contributed by atoms with Gasteiger partial charge in [-0.15, -0.1) is 6.58 Å². The van der Waals surface area contributed by atoms with Crippen LogP contribution in [0.5, 0.6) is 0 Å². The molecule has 10 heavy (non-hydrogen) atoms. The summed E-state index contributed by atoms with van der Waals surface area (Å²) in [5.41, 5.74) is -0.158. The molecule has 1 heterocycles. The predicted octanol–water partition coefficient (Wildman–Crippen LogP) is 1.89. The lowest BCUT2D eigenvalue weighted by molar-refractivity contribution is -0.109. The first-order valence-electron chi connectivity index (χ1n) is 3.35. The lowest BCUT2D eigenvalue weighted by Crippen LogP contribution is -2.11. The summed E-state index contributed by atoms with van der Waals surface area (Å²) < 4.78 is 10.4.